The Hall–Kier alpha value is -3.13. The molecule has 0 saturated carbocycles. The molecule has 0 spiro atoms. The molecule has 0 fully saturated rings. The zero-order valence-electron chi connectivity index (χ0n) is 17.3. The Morgan fingerprint density at radius 3 is 2.52 bits per heavy atom. The Morgan fingerprint density at radius 2 is 1.84 bits per heavy atom. The van der Waals surface area contributed by atoms with Crippen molar-refractivity contribution >= 4 is 34.2 Å². The van der Waals surface area contributed by atoms with Crippen LogP contribution in [0.15, 0.2) is 30.4 Å². The predicted molar refractivity (Wildman–Crippen MR) is 117 cm³/mol. The number of amides is 1. The number of hydrogen-bond donors (Lipinski definition) is 2. The number of aryl methyl sites for hydroxylation is 2. The maximum atomic E-state index is 13.0. The van der Waals surface area contributed by atoms with Crippen LogP contribution in [-0.4, -0.2) is 37.2 Å². The van der Waals surface area contributed by atoms with Crippen molar-refractivity contribution in [2.45, 2.75) is 25.7 Å². The molecule has 0 radical (unpaired) electrons. The summed E-state index contributed by atoms with van der Waals surface area (Å²) >= 11 is 1.35. The van der Waals surface area contributed by atoms with Gasteiger partial charge in [-0.15, -0.1) is 11.3 Å². The van der Waals surface area contributed by atoms with Gasteiger partial charge in [-0.05, 0) is 48.9 Å². The summed E-state index contributed by atoms with van der Waals surface area (Å²) in [5.74, 6) is -2.65. The van der Waals surface area contributed by atoms with Crippen molar-refractivity contribution in [2.75, 3.05) is 19.5 Å². The molecule has 1 amide bonds. The van der Waals surface area contributed by atoms with Gasteiger partial charge in [0.2, 0.25) is 5.91 Å². The Bertz CT molecular complexity index is 1090. The van der Waals surface area contributed by atoms with Crippen LogP contribution in [0.1, 0.15) is 33.6 Å². The highest BCUT2D eigenvalue weighted by Gasteiger charge is 2.36. The number of aliphatic carboxylic acids is 1. The van der Waals surface area contributed by atoms with Gasteiger partial charge in [-0.25, -0.2) is 4.79 Å². The van der Waals surface area contributed by atoms with E-state index in [2.05, 4.69) is 5.32 Å². The summed E-state index contributed by atoms with van der Waals surface area (Å²) in [5, 5.41) is 12.7. The van der Waals surface area contributed by atoms with E-state index >= 15 is 0 Å². The summed E-state index contributed by atoms with van der Waals surface area (Å²) in [6.07, 6.45) is 5.80. The van der Waals surface area contributed by atoms with Gasteiger partial charge in [-0.2, -0.15) is 0 Å². The van der Waals surface area contributed by atoms with Gasteiger partial charge in [0, 0.05) is 10.4 Å². The lowest BCUT2D eigenvalue weighted by atomic mass is 9.82. The Labute approximate surface area is 183 Å². The van der Waals surface area contributed by atoms with Gasteiger partial charge in [0.15, 0.2) is 0 Å². The van der Waals surface area contributed by atoms with E-state index in [9.17, 15) is 19.5 Å². The molecule has 7 nitrogen and oxygen atoms in total. The topological polar surface area (TPSA) is 102 Å². The third kappa shape index (κ3) is 3.83. The average Bonchev–Trinajstić information content (AvgIpc) is 3.16. The largest absolute Gasteiger partial charge is 0.497 e. The number of ether oxygens (including phenoxy) is 2. The number of hydrogen-bond acceptors (Lipinski definition) is 6. The molecular formula is C23H23NO6S. The first kappa shape index (κ1) is 21.1. The summed E-state index contributed by atoms with van der Waals surface area (Å²) in [4.78, 5) is 38.3. The first-order valence-corrected chi connectivity index (χ1v) is 10.9. The Kier molecular flexibility index (Phi) is 5.82. The number of rotatable bonds is 5. The van der Waals surface area contributed by atoms with Crippen LogP contribution in [-0.2, 0) is 27.2 Å². The summed E-state index contributed by atoms with van der Waals surface area (Å²) < 4.78 is 10.4. The standard InChI is InChI=1S/C23H23NO6S/c1-29-13-8-9-14-12(11-13)7-10-17-18(14)19(23(28)30-2)21(31-17)24-20(25)15-5-3-4-6-16(15)22(26)27/h3-4,8-9,11,15-16H,5-7,10H2,1-2H3,(H,24,25)(H,26,27). The number of methoxy groups -OCH3 is 2. The van der Waals surface area contributed by atoms with Gasteiger partial charge in [0.05, 0.1) is 26.1 Å². The number of carboxylic acids is 1. The van der Waals surface area contributed by atoms with E-state index in [0.717, 1.165) is 40.2 Å². The predicted octanol–water partition coefficient (Wildman–Crippen LogP) is 3.91. The number of carbonyl (C=O) groups excluding carboxylic acids is 2. The number of fused-ring (bicyclic) bond motifs is 3. The van der Waals surface area contributed by atoms with Crippen molar-refractivity contribution in [1.29, 1.82) is 0 Å². The Morgan fingerprint density at radius 1 is 1.10 bits per heavy atom. The minimum absolute atomic E-state index is 0.313. The molecular weight excluding hydrogens is 418 g/mol. The van der Waals surface area contributed by atoms with E-state index < -0.39 is 29.7 Å². The number of benzene rings is 1. The quantitative estimate of drug-likeness (QED) is 0.539. The van der Waals surface area contributed by atoms with Crippen LogP contribution < -0.4 is 10.1 Å². The van der Waals surface area contributed by atoms with Gasteiger partial charge in [0.1, 0.15) is 16.3 Å². The summed E-state index contributed by atoms with van der Waals surface area (Å²) in [7, 11) is 2.92. The maximum Gasteiger partial charge on any atom is 0.341 e. The van der Waals surface area contributed by atoms with Crippen LogP contribution in [0, 0.1) is 11.8 Å². The van der Waals surface area contributed by atoms with Gasteiger partial charge in [-0.3, -0.25) is 9.59 Å². The maximum absolute atomic E-state index is 13.0. The number of nitrogens with one attached hydrogen (secondary N) is 1. The second-order valence-corrected chi connectivity index (χ2v) is 8.71. The van der Waals surface area contributed by atoms with Gasteiger partial charge < -0.3 is 19.9 Å². The summed E-state index contributed by atoms with van der Waals surface area (Å²) in [6.45, 7) is 0. The monoisotopic (exact) mass is 441 g/mol. The number of esters is 1. The molecule has 2 aliphatic carbocycles. The second-order valence-electron chi connectivity index (χ2n) is 7.60. The number of thiophene rings is 1. The molecule has 0 bridgehead atoms. The number of carboxylic acid groups (broad SMARTS) is 1. The van der Waals surface area contributed by atoms with Gasteiger partial charge in [-0.1, -0.05) is 18.2 Å². The molecule has 1 heterocycles. The molecule has 8 heteroatoms. The molecule has 162 valence electrons. The molecule has 2 aliphatic rings. The molecule has 0 aliphatic heterocycles. The van der Waals surface area contributed by atoms with Crippen LogP contribution in [0.5, 0.6) is 5.75 Å². The first-order chi connectivity index (χ1) is 14.9. The molecule has 2 unspecified atom stereocenters. The highest BCUT2D eigenvalue weighted by Crippen LogP contribution is 2.46. The highest BCUT2D eigenvalue weighted by molar-refractivity contribution is 7.17. The van der Waals surface area contributed by atoms with Crippen LogP contribution in [0.4, 0.5) is 5.00 Å². The number of carbonyl (C=O) groups is 3. The van der Waals surface area contributed by atoms with Gasteiger partial charge in [0.25, 0.3) is 0 Å². The lowest BCUT2D eigenvalue weighted by molar-refractivity contribution is -0.146. The normalized spacial score (nSPS) is 19.2. The third-order valence-corrected chi connectivity index (χ3v) is 7.06. The zero-order chi connectivity index (χ0) is 22.1. The zero-order valence-corrected chi connectivity index (χ0v) is 18.1. The van der Waals surface area contributed by atoms with Crippen LogP contribution in [0.25, 0.3) is 11.1 Å². The summed E-state index contributed by atoms with van der Waals surface area (Å²) in [6, 6.07) is 5.72. The van der Waals surface area contributed by atoms with E-state index in [0.29, 0.717) is 23.4 Å². The van der Waals surface area contributed by atoms with Crippen molar-refractivity contribution < 1.29 is 29.0 Å². The number of anilines is 1. The van der Waals surface area contributed by atoms with E-state index in [-0.39, 0.29) is 0 Å². The minimum atomic E-state index is -0.994. The SMILES string of the molecule is COC(=O)c1c(NC(=O)C2CC=CCC2C(=O)O)sc2c1-c1ccc(OC)cc1CC2. The minimum Gasteiger partial charge on any atom is -0.497 e. The molecule has 1 aromatic carbocycles. The summed E-state index contributed by atoms with van der Waals surface area (Å²) in [5.41, 5.74) is 3.08. The van der Waals surface area contributed by atoms with Crippen LogP contribution in [0.2, 0.25) is 0 Å². The molecule has 31 heavy (non-hydrogen) atoms. The van der Waals surface area contributed by atoms with Crippen LogP contribution in [0.3, 0.4) is 0 Å². The van der Waals surface area contributed by atoms with E-state index in [1.54, 1.807) is 13.2 Å². The molecule has 2 atom stereocenters. The molecule has 2 N–H and O–H groups in total. The van der Waals surface area contributed by atoms with Crippen molar-refractivity contribution in [1.82, 2.24) is 0 Å². The fourth-order valence-electron chi connectivity index (χ4n) is 4.30. The molecule has 1 aromatic heterocycles. The fraction of sp³-hybridized carbons (Fsp3) is 0.348. The van der Waals surface area contributed by atoms with Crippen molar-refractivity contribution in [3.05, 3.63) is 46.4 Å². The van der Waals surface area contributed by atoms with E-state index in [1.807, 2.05) is 24.3 Å². The third-order valence-electron chi connectivity index (χ3n) is 5.90. The number of allylic oxidation sites excluding steroid dienone is 2. The van der Waals surface area contributed by atoms with Crippen molar-refractivity contribution in [3.8, 4) is 16.9 Å². The van der Waals surface area contributed by atoms with Crippen molar-refractivity contribution in [2.24, 2.45) is 11.8 Å². The van der Waals surface area contributed by atoms with Crippen LogP contribution >= 0.6 is 11.3 Å². The fourth-order valence-corrected chi connectivity index (χ4v) is 5.51. The highest BCUT2D eigenvalue weighted by atomic mass is 32.1. The molecule has 2 aromatic rings. The Balaban J connectivity index is 1.73. The van der Waals surface area contributed by atoms with E-state index in [1.165, 1.54) is 18.4 Å². The smallest absolute Gasteiger partial charge is 0.341 e. The second kappa shape index (κ2) is 8.55. The lowest BCUT2D eigenvalue weighted by Gasteiger charge is -2.24. The lowest BCUT2D eigenvalue weighted by Crippen LogP contribution is -2.34. The average molecular weight is 442 g/mol. The van der Waals surface area contributed by atoms with E-state index in [4.69, 9.17) is 9.47 Å². The van der Waals surface area contributed by atoms with Crippen molar-refractivity contribution in [3.63, 3.8) is 0 Å². The molecule has 0 saturated heterocycles. The first-order valence-electron chi connectivity index (χ1n) is 10.0. The van der Waals surface area contributed by atoms with Gasteiger partial charge >= 0.3 is 11.9 Å². The molecule has 4 rings (SSSR count).